The molecule has 2 aromatic heterocycles. The topological polar surface area (TPSA) is 103 Å². The highest BCUT2D eigenvalue weighted by molar-refractivity contribution is 5.94. The molecule has 3 N–H and O–H groups in total. The minimum Gasteiger partial charge on any atom is -0.490 e. The first-order valence-electron chi connectivity index (χ1n) is 11.7. The van der Waals surface area contributed by atoms with E-state index >= 15 is 0 Å². The fourth-order valence-corrected chi connectivity index (χ4v) is 3.95. The standard InChI is InChI=1S/C27H29N7O2/c1-17-11-18(5-8-25(17)36-19-6-7-24-23(12-19)31-16-34(24)4)32-27-20-13-21(28)26(35-10-9-33(2)3)14-22(20)29-15-30-27/h5-8,11-16H,9-10,28H2,1-4H3,(H,29,30,32). The number of benzene rings is 3. The van der Waals surface area contributed by atoms with Crippen molar-refractivity contribution in [3.8, 4) is 17.2 Å². The van der Waals surface area contributed by atoms with Gasteiger partial charge in [0.15, 0.2) is 0 Å². The van der Waals surface area contributed by atoms with Gasteiger partial charge in [-0.2, -0.15) is 0 Å². The summed E-state index contributed by atoms with van der Waals surface area (Å²) in [4.78, 5) is 15.3. The summed E-state index contributed by atoms with van der Waals surface area (Å²) in [5.74, 6) is 2.80. The molecule has 0 aliphatic heterocycles. The number of hydrogen-bond acceptors (Lipinski definition) is 8. The van der Waals surface area contributed by atoms with E-state index in [4.69, 9.17) is 15.2 Å². The van der Waals surface area contributed by atoms with Gasteiger partial charge in [-0.25, -0.2) is 15.0 Å². The number of nitrogens with one attached hydrogen (secondary N) is 1. The van der Waals surface area contributed by atoms with E-state index in [0.717, 1.165) is 51.2 Å². The number of hydrogen-bond donors (Lipinski definition) is 2. The van der Waals surface area contributed by atoms with Crippen molar-refractivity contribution in [3.05, 3.63) is 66.7 Å². The van der Waals surface area contributed by atoms with E-state index in [-0.39, 0.29) is 0 Å². The van der Waals surface area contributed by atoms with Crippen LogP contribution >= 0.6 is 0 Å². The molecule has 2 heterocycles. The Labute approximate surface area is 209 Å². The highest BCUT2D eigenvalue weighted by Gasteiger charge is 2.11. The van der Waals surface area contributed by atoms with Gasteiger partial charge < -0.3 is 30.0 Å². The first kappa shape index (κ1) is 23.4. The van der Waals surface area contributed by atoms with Gasteiger partial charge in [0.25, 0.3) is 0 Å². The normalized spacial score (nSPS) is 11.4. The van der Waals surface area contributed by atoms with Gasteiger partial charge in [-0.05, 0) is 63.0 Å². The SMILES string of the molecule is Cc1cc(Nc2ncnc3cc(OCCN(C)C)c(N)cc23)ccc1Oc1ccc2c(c1)ncn2C. The number of aryl methyl sites for hydroxylation is 2. The lowest BCUT2D eigenvalue weighted by Gasteiger charge is -2.15. The second-order valence-corrected chi connectivity index (χ2v) is 8.99. The first-order valence-corrected chi connectivity index (χ1v) is 11.7. The molecule has 9 nitrogen and oxygen atoms in total. The maximum absolute atomic E-state index is 6.27. The van der Waals surface area contributed by atoms with E-state index in [1.807, 2.05) is 81.2 Å². The van der Waals surface area contributed by atoms with Crippen molar-refractivity contribution in [2.24, 2.45) is 7.05 Å². The summed E-state index contributed by atoms with van der Waals surface area (Å²) in [7, 11) is 5.97. The lowest BCUT2D eigenvalue weighted by molar-refractivity contribution is 0.262. The molecule has 0 spiro atoms. The number of aromatic nitrogens is 4. The number of nitrogens with two attached hydrogens (primary N) is 1. The number of likely N-dealkylation sites (N-methyl/N-ethyl adjacent to an activating group) is 1. The summed E-state index contributed by atoms with van der Waals surface area (Å²) in [6.45, 7) is 3.35. The van der Waals surface area contributed by atoms with Gasteiger partial charge in [0.05, 0.1) is 28.6 Å². The number of ether oxygens (including phenoxy) is 2. The summed E-state index contributed by atoms with van der Waals surface area (Å²) >= 11 is 0. The third-order valence-corrected chi connectivity index (χ3v) is 5.93. The van der Waals surface area contributed by atoms with E-state index < -0.39 is 0 Å². The molecule has 184 valence electrons. The van der Waals surface area contributed by atoms with Crippen molar-refractivity contribution in [1.82, 2.24) is 24.4 Å². The zero-order valence-electron chi connectivity index (χ0n) is 20.8. The quantitative estimate of drug-likeness (QED) is 0.301. The number of imidazole rings is 1. The van der Waals surface area contributed by atoms with E-state index in [9.17, 15) is 0 Å². The zero-order chi connectivity index (χ0) is 25.2. The molecule has 0 radical (unpaired) electrons. The van der Waals surface area contributed by atoms with E-state index in [2.05, 4.69) is 25.2 Å². The van der Waals surface area contributed by atoms with Crippen LogP contribution in [0.15, 0.2) is 61.2 Å². The molecule has 0 aliphatic carbocycles. The molecule has 0 saturated carbocycles. The highest BCUT2D eigenvalue weighted by Crippen LogP contribution is 2.33. The van der Waals surface area contributed by atoms with Crippen LogP contribution in [0.3, 0.4) is 0 Å². The molecule has 0 atom stereocenters. The van der Waals surface area contributed by atoms with Crippen LogP contribution in [0.1, 0.15) is 5.56 Å². The first-order chi connectivity index (χ1) is 17.4. The molecule has 0 aliphatic rings. The fourth-order valence-electron chi connectivity index (χ4n) is 3.95. The lowest BCUT2D eigenvalue weighted by Crippen LogP contribution is -2.19. The zero-order valence-corrected chi connectivity index (χ0v) is 20.8. The van der Waals surface area contributed by atoms with Crippen LogP contribution in [0.25, 0.3) is 21.9 Å². The maximum Gasteiger partial charge on any atom is 0.144 e. The summed E-state index contributed by atoms with van der Waals surface area (Å²) in [5.41, 5.74) is 11.4. The molecule has 0 saturated heterocycles. The summed E-state index contributed by atoms with van der Waals surface area (Å²) in [5, 5.41) is 4.20. The number of nitrogens with zero attached hydrogens (tertiary/aromatic N) is 5. The van der Waals surface area contributed by atoms with Crippen molar-refractivity contribution < 1.29 is 9.47 Å². The van der Waals surface area contributed by atoms with Crippen LogP contribution < -0.4 is 20.5 Å². The Morgan fingerprint density at radius 1 is 0.972 bits per heavy atom. The molecule has 9 heteroatoms. The van der Waals surface area contributed by atoms with Crippen LogP contribution in [-0.4, -0.2) is 51.7 Å². The van der Waals surface area contributed by atoms with Crippen molar-refractivity contribution >= 4 is 39.1 Å². The van der Waals surface area contributed by atoms with Crippen molar-refractivity contribution in [3.63, 3.8) is 0 Å². The Morgan fingerprint density at radius 2 is 1.83 bits per heavy atom. The Hall–Kier alpha value is -4.37. The van der Waals surface area contributed by atoms with E-state index in [0.29, 0.717) is 23.9 Å². The highest BCUT2D eigenvalue weighted by atomic mass is 16.5. The predicted molar refractivity (Wildman–Crippen MR) is 143 cm³/mol. The summed E-state index contributed by atoms with van der Waals surface area (Å²) in [6.07, 6.45) is 3.33. The molecule has 0 bridgehead atoms. The van der Waals surface area contributed by atoms with Gasteiger partial charge in [0, 0.05) is 36.8 Å². The third-order valence-electron chi connectivity index (χ3n) is 5.93. The van der Waals surface area contributed by atoms with Crippen molar-refractivity contribution in [1.29, 1.82) is 0 Å². The van der Waals surface area contributed by atoms with Crippen LogP contribution in [-0.2, 0) is 7.05 Å². The van der Waals surface area contributed by atoms with Gasteiger partial charge in [0.2, 0.25) is 0 Å². The second-order valence-electron chi connectivity index (χ2n) is 8.99. The molecule has 5 rings (SSSR count). The number of anilines is 3. The monoisotopic (exact) mass is 483 g/mol. The summed E-state index contributed by atoms with van der Waals surface area (Å²) in [6, 6.07) is 15.5. The van der Waals surface area contributed by atoms with Crippen molar-refractivity contribution in [2.75, 3.05) is 38.3 Å². The minimum atomic E-state index is 0.544. The second kappa shape index (κ2) is 9.71. The molecule has 5 aromatic rings. The van der Waals surface area contributed by atoms with Gasteiger partial charge in [-0.15, -0.1) is 0 Å². The van der Waals surface area contributed by atoms with E-state index in [1.54, 1.807) is 6.33 Å². The van der Waals surface area contributed by atoms with Crippen LogP contribution in [0, 0.1) is 6.92 Å². The Kier molecular flexibility index (Phi) is 6.30. The number of fused-ring (bicyclic) bond motifs is 2. The van der Waals surface area contributed by atoms with Gasteiger partial charge in [0.1, 0.15) is 36.0 Å². The Bertz CT molecular complexity index is 1540. The number of nitrogen functional groups attached to an aromatic ring is 1. The minimum absolute atomic E-state index is 0.544. The largest absolute Gasteiger partial charge is 0.490 e. The number of rotatable bonds is 8. The van der Waals surface area contributed by atoms with Crippen molar-refractivity contribution in [2.45, 2.75) is 6.92 Å². The van der Waals surface area contributed by atoms with Gasteiger partial charge in [-0.1, -0.05) is 0 Å². The molecule has 0 unspecified atom stereocenters. The smallest absolute Gasteiger partial charge is 0.144 e. The average Bonchev–Trinajstić information content (AvgIpc) is 3.21. The van der Waals surface area contributed by atoms with Crippen LogP contribution in [0.2, 0.25) is 0 Å². The molecule has 0 fully saturated rings. The van der Waals surface area contributed by atoms with Gasteiger partial charge >= 0.3 is 0 Å². The Morgan fingerprint density at radius 3 is 2.64 bits per heavy atom. The molecular formula is C27H29N7O2. The lowest BCUT2D eigenvalue weighted by atomic mass is 10.1. The van der Waals surface area contributed by atoms with Gasteiger partial charge in [-0.3, -0.25) is 0 Å². The van der Waals surface area contributed by atoms with Crippen LogP contribution in [0.4, 0.5) is 17.2 Å². The maximum atomic E-state index is 6.27. The molecule has 36 heavy (non-hydrogen) atoms. The summed E-state index contributed by atoms with van der Waals surface area (Å²) < 4.78 is 14.0. The molecule has 3 aromatic carbocycles. The molecule has 0 amide bonds. The fraction of sp³-hybridized carbons (Fsp3) is 0.222. The third kappa shape index (κ3) is 4.87. The molecular weight excluding hydrogens is 454 g/mol. The predicted octanol–water partition coefficient (Wildman–Crippen LogP) is 4.88. The van der Waals surface area contributed by atoms with E-state index in [1.165, 1.54) is 6.33 Å². The Balaban J connectivity index is 1.35. The average molecular weight is 484 g/mol. The van der Waals surface area contributed by atoms with Crippen LogP contribution in [0.5, 0.6) is 17.2 Å².